The lowest BCUT2D eigenvalue weighted by Gasteiger charge is -2.32. The van der Waals surface area contributed by atoms with Crippen LogP contribution < -0.4 is 5.32 Å². The van der Waals surface area contributed by atoms with Gasteiger partial charge in [0, 0.05) is 33.7 Å². The fraction of sp³-hybridized carbons (Fsp3) is 0.812. The first-order valence-corrected chi connectivity index (χ1v) is 9.94. The highest BCUT2D eigenvalue weighted by Crippen LogP contribution is 2.21. The molecule has 6 nitrogen and oxygen atoms in total. The van der Waals surface area contributed by atoms with Crippen LogP contribution >= 0.6 is 0 Å². The van der Waals surface area contributed by atoms with E-state index in [2.05, 4.69) is 11.4 Å². The van der Waals surface area contributed by atoms with Gasteiger partial charge >= 0.3 is 0 Å². The summed E-state index contributed by atoms with van der Waals surface area (Å²) in [5.74, 6) is -0.251. The van der Waals surface area contributed by atoms with Crippen molar-refractivity contribution in [2.75, 3.05) is 33.7 Å². The first-order valence-electron chi connectivity index (χ1n) is 8.54. The van der Waals surface area contributed by atoms with E-state index >= 15 is 0 Å². The van der Waals surface area contributed by atoms with Crippen LogP contribution in [0.15, 0.2) is 11.6 Å². The minimum absolute atomic E-state index is 0.0138. The zero-order valence-electron chi connectivity index (χ0n) is 14.3. The predicted octanol–water partition coefficient (Wildman–Crippen LogP) is 1.51. The third kappa shape index (κ3) is 5.02. The highest BCUT2D eigenvalue weighted by molar-refractivity contribution is 7.86. The Labute approximate surface area is 140 Å². The first-order chi connectivity index (χ1) is 10.9. The molecule has 23 heavy (non-hydrogen) atoms. The van der Waals surface area contributed by atoms with Crippen LogP contribution in [0.5, 0.6) is 0 Å². The number of hydrogen-bond acceptors (Lipinski definition) is 3. The Morgan fingerprint density at radius 3 is 2.78 bits per heavy atom. The van der Waals surface area contributed by atoms with Crippen molar-refractivity contribution >= 4 is 16.1 Å². The maximum absolute atomic E-state index is 12.3. The summed E-state index contributed by atoms with van der Waals surface area (Å²) in [7, 11) is -0.377. The van der Waals surface area contributed by atoms with E-state index in [1.165, 1.54) is 41.1 Å². The smallest absolute Gasteiger partial charge is 0.281 e. The highest BCUT2D eigenvalue weighted by atomic mass is 32.2. The second-order valence-corrected chi connectivity index (χ2v) is 8.78. The molecule has 1 aliphatic carbocycles. The van der Waals surface area contributed by atoms with Gasteiger partial charge in [-0.1, -0.05) is 11.6 Å². The fourth-order valence-corrected chi connectivity index (χ4v) is 4.41. The van der Waals surface area contributed by atoms with Gasteiger partial charge in [-0.05, 0) is 44.9 Å². The van der Waals surface area contributed by atoms with E-state index in [0.717, 1.165) is 32.1 Å². The van der Waals surface area contributed by atoms with Crippen LogP contribution in [0.1, 0.15) is 44.9 Å². The topological polar surface area (TPSA) is 69.7 Å². The lowest BCUT2D eigenvalue weighted by molar-refractivity contribution is -0.126. The summed E-state index contributed by atoms with van der Waals surface area (Å²) >= 11 is 0. The molecule has 7 heteroatoms. The average molecular weight is 343 g/mol. The Kier molecular flexibility index (Phi) is 6.61. The summed E-state index contributed by atoms with van der Waals surface area (Å²) in [5.41, 5.74) is 1.44. The summed E-state index contributed by atoms with van der Waals surface area (Å²) in [6.07, 6.45) is 9.52. The molecule has 1 unspecified atom stereocenters. The van der Waals surface area contributed by atoms with Crippen molar-refractivity contribution in [3.8, 4) is 0 Å². The van der Waals surface area contributed by atoms with Crippen LogP contribution in [0.2, 0.25) is 0 Å². The van der Waals surface area contributed by atoms with Gasteiger partial charge in [0.05, 0.1) is 5.92 Å². The number of piperidine rings is 1. The van der Waals surface area contributed by atoms with Gasteiger partial charge in [-0.2, -0.15) is 17.0 Å². The summed E-state index contributed by atoms with van der Waals surface area (Å²) in [4.78, 5) is 12.3. The van der Waals surface area contributed by atoms with Gasteiger partial charge in [-0.25, -0.2) is 0 Å². The lowest BCUT2D eigenvalue weighted by Crippen LogP contribution is -2.48. The van der Waals surface area contributed by atoms with E-state index in [-0.39, 0.29) is 18.4 Å². The minimum atomic E-state index is -3.43. The number of nitrogens with zero attached hydrogens (tertiary/aromatic N) is 2. The molecule has 1 fully saturated rings. The van der Waals surface area contributed by atoms with Gasteiger partial charge in [-0.15, -0.1) is 0 Å². The monoisotopic (exact) mass is 343 g/mol. The second-order valence-electron chi connectivity index (χ2n) is 6.64. The third-order valence-electron chi connectivity index (χ3n) is 4.67. The van der Waals surface area contributed by atoms with Gasteiger partial charge < -0.3 is 5.32 Å². The standard InChI is InChI=1S/C16H29N3O3S/c1-18(2)23(21,22)19-12-6-9-15(13-19)16(20)17-11-10-14-7-4-3-5-8-14/h7,15H,3-6,8-13H2,1-2H3,(H,17,20). The van der Waals surface area contributed by atoms with Gasteiger partial charge in [0.2, 0.25) is 5.91 Å². The summed E-state index contributed by atoms with van der Waals surface area (Å²) < 4.78 is 27.0. The van der Waals surface area contributed by atoms with E-state index in [4.69, 9.17) is 0 Å². The quantitative estimate of drug-likeness (QED) is 0.743. The van der Waals surface area contributed by atoms with E-state index in [0.29, 0.717) is 13.1 Å². The number of hydrogen-bond donors (Lipinski definition) is 1. The maximum atomic E-state index is 12.3. The minimum Gasteiger partial charge on any atom is -0.356 e. The summed E-state index contributed by atoms with van der Waals surface area (Å²) in [6.45, 7) is 1.44. The van der Waals surface area contributed by atoms with Gasteiger partial charge in [0.25, 0.3) is 10.2 Å². The zero-order chi connectivity index (χ0) is 16.9. The number of amides is 1. The lowest BCUT2D eigenvalue weighted by atomic mass is 9.96. The molecule has 1 N–H and O–H groups in total. The number of nitrogens with one attached hydrogen (secondary N) is 1. The van der Waals surface area contributed by atoms with E-state index in [1.807, 2.05) is 0 Å². The van der Waals surface area contributed by atoms with Crippen molar-refractivity contribution in [1.82, 2.24) is 13.9 Å². The van der Waals surface area contributed by atoms with Crippen molar-refractivity contribution in [1.29, 1.82) is 0 Å². The molecule has 0 spiro atoms. The Morgan fingerprint density at radius 2 is 2.13 bits per heavy atom. The summed E-state index contributed by atoms with van der Waals surface area (Å²) in [5, 5.41) is 2.99. The van der Waals surface area contributed by atoms with Gasteiger partial charge in [0.15, 0.2) is 0 Å². The van der Waals surface area contributed by atoms with Crippen LogP contribution in [0.3, 0.4) is 0 Å². The molecule has 1 atom stereocenters. The van der Waals surface area contributed by atoms with Gasteiger partial charge in [-0.3, -0.25) is 4.79 Å². The van der Waals surface area contributed by atoms with Crippen LogP contribution in [-0.4, -0.2) is 56.7 Å². The van der Waals surface area contributed by atoms with Crippen molar-refractivity contribution in [2.24, 2.45) is 5.92 Å². The summed E-state index contributed by atoms with van der Waals surface area (Å²) in [6, 6.07) is 0. The van der Waals surface area contributed by atoms with Gasteiger partial charge in [0.1, 0.15) is 0 Å². The molecule has 0 bridgehead atoms. The molecule has 0 aromatic rings. The number of carbonyl (C=O) groups excluding carboxylic acids is 1. The predicted molar refractivity (Wildman–Crippen MR) is 91.1 cm³/mol. The number of carbonyl (C=O) groups is 1. The molecule has 132 valence electrons. The molecule has 0 radical (unpaired) electrons. The largest absolute Gasteiger partial charge is 0.356 e. The molecule has 1 aliphatic heterocycles. The zero-order valence-corrected chi connectivity index (χ0v) is 15.1. The molecular formula is C16H29N3O3S. The molecule has 0 saturated carbocycles. The van der Waals surface area contributed by atoms with Crippen molar-refractivity contribution < 1.29 is 13.2 Å². The average Bonchev–Trinajstić information content (AvgIpc) is 2.55. The molecule has 0 aromatic carbocycles. The first kappa shape index (κ1) is 18.4. The SMILES string of the molecule is CN(C)S(=O)(=O)N1CCCC(C(=O)NCCC2=CCCCC2)C1. The Bertz CT molecular complexity index is 543. The molecule has 1 saturated heterocycles. The van der Waals surface area contributed by atoms with Crippen molar-refractivity contribution in [2.45, 2.75) is 44.9 Å². The number of rotatable bonds is 6. The van der Waals surface area contributed by atoms with Crippen molar-refractivity contribution in [3.63, 3.8) is 0 Å². The molecule has 2 rings (SSSR count). The fourth-order valence-electron chi connectivity index (χ4n) is 3.22. The van der Waals surface area contributed by atoms with E-state index in [1.54, 1.807) is 0 Å². The highest BCUT2D eigenvalue weighted by Gasteiger charge is 2.33. The molecule has 0 aromatic heterocycles. The maximum Gasteiger partial charge on any atom is 0.281 e. The normalized spacial score (nSPS) is 23.6. The molecule has 1 amide bonds. The molecular weight excluding hydrogens is 314 g/mol. The third-order valence-corrected chi connectivity index (χ3v) is 6.58. The van der Waals surface area contributed by atoms with Crippen LogP contribution in [0.25, 0.3) is 0 Å². The molecule has 1 heterocycles. The van der Waals surface area contributed by atoms with E-state index < -0.39 is 10.2 Å². The van der Waals surface area contributed by atoms with Crippen LogP contribution in [0, 0.1) is 5.92 Å². The van der Waals surface area contributed by atoms with Crippen LogP contribution in [-0.2, 0) is 15.0 Å². The van der Waals surface area contributed by atoms with E-state index in [9.17, 15) is 13.2 Å². The Balaban J connectivity index is 1.81. The number of allylic oxidation sites excluding steroid dienone is 1. The second kappa shape index (κ2) is 8.26. The van der Waals surface area contributed by atoms with Crippen LogP contribution in [0.4, 0.5) is 0 Å². The Hall–Kier alpha value is -0.920. The Morgan fingerprint density at radius 1 is 1.35 bits per heavy atom. The molecule has 2 aliphatic rings. The van der Waals surface area contributed by atoms with Crippen molar-refractivity contribution in [3.05, 3.63) is 11.6 Å².